The molecule has 1 N–H and O–H groups in total. The number of carbonyl (C=O) groups is 1. The van der Waals surface area contributed by atoms with Crippen molar-refractivity contribution in [3.05, 3.63) is 23.8 Å². The summed E-state index contributed by atoms with van der Waals surface area (Å²) in [6.07, 6.45) is 2.40. The molecule has 0 unspecified atom stereocenters. The summed E-state index contributed by atoms with van der Waals surface area (Å²) in [4.78, 5) is 14.8. The summed E-state index contributed by atoms with van der Waals surface area (Å²) >= 11 is 0. The van der Waals surface area contributed by atoms with Crippen LogP contribution in [0.5, 0.6) is 11.5 Å². The van der Waals surface area contributed by atoms with Gasteiger partial charge in [-0.2, -0.15) is 0 Å². The Kier molecular flexibility index (Phi) is 2.80. The lowest BCUT2D eigenvalue weighted by Crippen LogP contribution is -2.57. The van der Waals surface area contributed by atoms with Crippen LogP contribution in [0.1, 0.15) is 23.2 Å². The molecule has 4 aliphatic heterocycles. The van der Waals surface area contributed by atoms with Crippen molar-refractivity contribution in [3.8, 4) is 11.5 Å². The highest BCUT2D eigenvalue weighted by molar-refractivity contribution is 5.95. The van der Waals surface area contributed by atoms with Crippen LogP contribution < -0.4 is 14.8 Å². The molecule has 106 valence electrons. The van der Waals surface area contributed by atoms with Gasteiger partial charge in [0.2, 0.25) is 6.79 Å². The van der Waals surface area contributed by atoms with Gasteiger partial charge in [-0.15, -0.1) is 0 Å². The summed E-state index contributed by atoms with van der Waals surface area (Å²) < 4.78 is 10.6. The number of piperidine rings is 3. The molecule has 1 atom stereocenters. The lowest BCUT2D eigenvalue weighted by molar-refractivity contribution is 0.0620. The number of nitrogens with one attached hydrogen (secondary N) is 1. The van der Waals surface area contributed by atoms with Gasteiger partial charge in [-0.1, -0.05) is 0 Å². The molecule has 2 bridgehead atoms. The van der Waals surface area contributed by atoms with Crippen LogP contribution in [-0.2, 0) is 0 Å². The fraction of sp³-hybridized carbons (Fsp3) is 0.533. The minimum Gasteiger partial charge on any atom is -0.454 e. The minimum atomic E-state index is -0.0120. The molecule has 1 amide bonds. The predicted molar refractivity (Wildman–Crippen MR) is 73.0 cm³/mol. The van der Waals surface area contributed by atoms with E-state index in [-0.39, 0.29) is 18.7 Å². The number of fused-ring (bicyclic) bond motifs is 4. The Morgan fingerprint density at radius 2 is 2.00 bits per heavy atom. The number of nitrogens with zero attached hydrogens (tertiary/aromatic N) is 1. The number of carbonyl (C=O) groups excluding carboxylic acids is 1. The lowest BCUT2D eigenvalue weighted by Gasteiger charge is -2.44. The van der Waals surface area contributed by atoms with E-state index >= 15 is 0 Å². The third-order valence-electron chi connectivity index (χ3n) is 4.61. The maximum Gasteiger partial charge on any atom is 0.251 e. The van der Waals surface area contributed by atoms with Gasteiger partial charge in [0.15, 0.2) is 11.5 Å². The van der Waals surface area contributed by atoms with Crippen molar-refractivity contribution in [2.45, 2.75) is 18.9 Å². The molecule has 0 spiro atoms. The van der Waals surface area contributed by atoms with Crippen LogP contribution in [0.25, 0.3) is 0 Å². The van der Waals surface area contributed by atoms with E-state index in [9.17, 15) is 4.79 Å². The van der Waals surface area contributed by atoms with Crippen molar-refractivity contribution in [2.75, 3.05) is 26.4 Å². The molecule has 1 aromatic rings. The molecule has 0 aromatic heterocycles. The Labute approximate surface area is 117 Å². The van der Waals surface area contributed by atoms with Gasteiger partial charge >= 0.3 is 0 Å². The van der Waals surface area contributed by atoms with E-state index in [2.05, 4.69) is 10.2 Å². The molecule has 3 fully saturated rings. The second-order valence-electron chi connectivity index (χ2n) is 5.79. The van der Waals surface area contributed by atoms with Crippen LogP contribution in [-0.4, -0.2) is 43.3 Å². The van der Waals surface area contributed by atoms with Crippen molar-refractivity contribution in [1.82, 2.24) is 10.2 Å². The molecule has 5 rings (SSSR count). The number of ether oxygens (including phenoxy) is 2. The molecule has 4 aliphatic rings. The van der Waals surface area contributed by atoms with Gasteiger partial charge in [0, 0.05) is 18.2 Å². The molecule has 4 heterocycles. The van der Waals surface area contributed by atoms with Crippen molar-refractivity contribution in [2.24, 2.45) is 5.92 Å². The van der Waals surface area contributed by atoms with Crippen molar-refractivity contribution < 1.29 is 14.3 Å². The average Bonchev–Trinajstić information content (AvgIpc) is 2.96. The van der Waals surface area contributed by atoms with E-state index in [1.807, 2.05) is 0 Å². The van der Waals surface area contributed by atoms with E-state index in [1.54, 1.807) is 18.2 Å². The van der Waals surface area contributed by atoms with Crippen molar-refractivity contribution in [1.29, 1.82) is 0 Å². The zero-order chi connectivity index (χ0) is 13.5. The molecular formula is C15H18N2O3. The summed E-state index contributed by atoms with van der Waals surface area (Å²) in [6, 6.07) is 5.65. The van der Waals surface area contributed by atoms with Gasteiger partial charge in [0.1, 0.15) is 0 Å². The van der Waals surface area contributed by atoms with Gasteiger partial charge in [-0.05, 0) is 50.0 Å². The third kappa shape index (κ3) is 2.02. The summed E-state index contributed by atoms with van der Waals surface area (Å²) in [5.41, 5.74) is 0.644. The maximum absolute atomic E-state index is 12.4. The maximum atomic E-state index is 12.4. The van der Waals surface area contributed by atoms with Crippen LogP contribution in [0.3, 0.4) is 0 Å². The average molecular weight is 274 g/mol. The summed E-state index contributed by atoms with van der Waals surface area (Å²) in [5.74, 6) is 2.00. The monoisotopic (exact) mass is 274 g/mol. The normalized spacial score (nSPS) is 30.3. The van der Waals surface area contributed by atoms with Gasteiger partial charge in [-0.25, -0.2) is 0 Å². The molecule has 1 aromatic carbocycles. The van der Waals surface area contributed by atoms with E-state index in [4.69, 9.17) is 9.47 Å². The molecule has 0 radical (unpaired) electrons. The third-order valence-corrected chi connectivity index (χ3v) is 4.61. The largest absolute Gasteiger partial charge is 0.454 e. The Morgan fingerprint density at radius 3 is 2.75 bits per heavy atom. The highest BCUT2D eigenvalue weighted by Gasteiger charge is 2.35. The zero-order valence-electron chi connectivity index (χ0n) is 11.3. The van der Waals surface area contributed by atoms with Crippen LogP contribution in [0.4, 0.5) is 0 Å². The lowest BCUT2D eigenvalue weighted by atomic mass is 9.84. The Balaban J connectivity index is 1.48. The summed E-state index contributed by atoms with van der Waals surface area (Å²) in [7, 11) is 0. The second kappa shape index (κ2) is 4.66. The van der Waals surface area contributed by atoms with Crippen molar-refractivity contribution >= 4 is 5.91 Å². The first-order valence-electron chi connectivity index (χ1n) is 7.22. The van der Waals surface area contributed by atoms with Gasteiger partial charge in [-0.3, -0.25) is 4.79 Å². The van der Waals surface area contributed by atoms with Crippen LogP contribution >= 0.6 is 0 Å². The predicted octanol–water partition coefficient (Wildman–Crippen LogP) is 1.24. The Morgan fingerprint density at radius 1 is 1.20 bits per heavy atom. The first-order chi connectivity index (χ1) is 9.79. The molecule has 5 nitrogen and oxygen atoms in total. The van der Waals surface area contributed by atoms with E-state index in [0.717, 1.165) is 6.54 Å². The highest BCUT2D eigenvalue weighted by atomic mass is 16.7. The van der Waals surface area contributed by atoms with Crippen LogP contribution in [0.15, 0.2) is 18.2 Å². The molecule has 0 saturated carbocycles. The van der Waals surface area contributed by atoms with Crippen LogP contribution in [0.2, 0.25) is 0 Å². The number of amides is 1. The highest BCUT2D eigenvalue weighted by Crippen LogP contribution is 2.33. The minimum absolute atomic E-state index is 0.0120. The smallest absolute Gasteiger partial charge is 0.251 e. The van der Waals surface area contributed by atoms with Gasteiger partial charge in [0.25, 0.3) is 5.91 Å². The zero-order valence-corrected chi connectivity index (χ0v) is 11.3. The van der Waals surface area contributed by atoms with Crippen LogP contribution in [0, 0.1) is 5.92 Å². The van der Waals surface area contributed by atoms with Gasteiger partial charge < -0.3 is 19.7 Å². The number of rotatable bonds is 2. The fourth-order valence-electron chi connectivity index (χ4n) is 3.42. The van der Waals surface area contributed by atoms with Crippen molar-refractivity contribution in [3.63, 3.8) is 0 Å². The second-order valence-corrected chi connectivity index (χ2v) is 5.79. The Bertz CT molecular complexity index is 538. The molecule has 3 saturated heterocycles. The topological polar surface area (TPSA) is 50.8 Å². The number of hydrogen-bond donors (Lipinski definition) is 1. The number of benzene rings is 1. The standard InChI is InChI=1S/C15H18N2O3/c18-15(11-1-2-13-14(7-11)20-9-19-13)16-12-8-17-5-3-10(12)4-6-17/h1-2,7,10,12H,3-6,8-9H2,(H,16,18)/t12-/m0/s1. The quantitative estimate of drug-likeness (QED) is 0.881. The SMILES string of the molecule is O=C(N[C@H]1CN2CCC1CC2)c1ccc2c(c1)OCO2. The number of hydrogen-bond acceptors (Lipinski definition) is 4. The molecule has 20 heavy (non-hydrogen) atoms. The summed E-state index contributed by atoms with van der Waals surface area (Å²) in [6.45, 7) is 3.59. The van der Waals surface area contributed by atoms with E-state index < -0.39 is 0 Å². The fourth-order valence-corrected chi connectivity index (χ4v) is 3.42. The summed E-state index contributed by atoms with van der Waals surface area (Å²) in [5, 5.41) is 3.18. The molecular weight excluding hydrogens is 256 g/mol. The first-order valence-corrected chi connectivity index (χ1v) is 7.22. The molecule has 5 heteroatoms. The van der Waals surface area contributed by atoms with E-state index in [0.29, 0.717) is 23.0 Å². The Hall–Kier alpha value is -1.75. The van der Waals surface area contributed by atoms with Gasteiger partial charge in [0.05, 0.1) is 0 Å². The van der Waals surface area contributed by atoms with E-state index in [1.165, 1.54) is 25.9 Å². The first kappa shape index (κ1) is 12.0. The molecule has 0 aliphatic carbocycles.